The summed E-state index contributed by atoms with van der Waals surface area (Å²) in [6, 6.07) is 16.3. The molecule has 0 spiro atoms. The van der Waals surface area contributed by atoms with Crippen molar-refractivity contribution in [2.24, 2.45) is 0 Å². The van der Waals surface area contributed by atoms with Gasteiger partial charge >= 0.3 is 0 Å². The van der Waals surface area contributed by atoms with E-state index in [1.165, 1.54) is 11.3 Å². The highest BCUT2D eigenvalue weighted by atomic mass is 35.5. The fraction of sp³-hybridized carbons (Fsp3) is 0.150. The number of halogens is 1. The molecule has 2 nitrogen and oxygen atoms in total. The second kappa shape index (κ2) is 6.05. The van der Waals surface area contributed by atoms with Gasteiger partial charge in [-0.3, -0.25) is 4.98 Å². The largest absolute Gasteiger partial charge is 0.380 e. The van der Waals surface area contributed by atoms with Gasteiger partial charge in [0.15, 0.2) is 0 Å². The average Bonchev–Trinajstić information content (AvgIpc) is 2.60. The fourth-order valence-corrected chi connectivity index (χ4v) is 3.29. The minimum atomic E-state index is 0.702. The maximum absolute atomic E-state index is 6.29. The van der Waals surface area contributed by atoms with Crippen LogP contribution in [0.1, 0.15) is 23.2 Å². The summed E-state index contributed by atoms with van der Waals surface area (Å²) in [5.74, 6) is 0. The van der Waals surface area contributed by atoms with E-state index in [0.29, 0.717) is 6.54 Å². The molecule has 0 atom stereocenters. The zero-order valence-electron chi connectivity index (χ0n) is 12.7. The first kappa shape index (κ1) is 14.3. The number of fused-ring (bicyclic) bond motifs is 2. The van der Waals surface area contributed by atoms with Crippen LogP contribution in [0.25, 0.3) is 17.0 Å². The predicted octanol–water partition coefficient (Wildman–Crippen LogP) is 5.46. The number of aromatic nitrogens is 1. The zero-order valence-corrected chi connectivity index (χ0v) is 13.5. The van der Waals surface area contributed by atoms with Gasteiger partial charge in [-0.2, -0.15) is 0 Å². The second-order valence-electron chi connectivity index (χ2n) is 5.75. The first-order valence-corrected chi connectivity index (χ1v) is 8.26. The Bertz CT molecular complexity index is 899. The van der Waals surface area contributed by atoms with E-state index in [-0.39, 0.29) is 0 Å². The molecule has 4 rings (SSSR count). The van der Waals surface area contributed by atoms with Crippen molar-refractivity contribution in [3.8, 4) is 0 Å². The third-order valence-electron chi connectivity index (χ3n) is 4.25. The topological polar surface area (TPSA) is 24.9 Å². The van der Waals surface area contributed by atoms with Crippen molar-refractivity contribution in [2.75, 3.05) is 5.32 Å². The van der Waals surface area contributed by atoms with E-state index >= 15 is 0 Å². The summed E-state index contributed by atoms with van der Waals surface area (Å²) in [4.78, 5) is 4.83. The molecule has 23 heavy (non-hydrogen) atoms. The smallest absolute Gasteiger partial charge is 0.0726 e. The standard InChI is InChI=1S/C20H17ClN2/c21-17-10-4-1-7-14(17)13-22-20-15-8-2-5-11-18(15)23-19-12-6-3-9-16(19)20/h1-5,7-11H,6,12-13H2,(H,22,23). The number of para-hydroxylation sites is 1. The number of nitrogens with zero attached hydrogens (tertiary/aromatic N) is 1. The monoisotopic (exact) mass is 320 g/mol. The Balaban J connectivity index is 1.79. The minimum Gasteiger partial charge on any atom is -0.380 e. The lowest BCUT2D eigenvalue weighted by Crippen LogP contribution is -2.07. The van der Waals surface area contributed by atoms with E-state index in [4.69, 9.17) is 16.6 Å². The van der Waals surface area contributed by atoms with Crippen LogP contribution in [0.5, 0.6) is 0 Å². The number of nitrogens with one attached hydrogen (secondary N) is 1. The first-order valence-electron chi connectivity index (χ1n) is 7.88. The Hall–Kier alpha value is -2.32. The van der Waals surface area contributed by atoms with Crippen LogP contribution in [-0.4, -0.2) is 4.98 Å². The van der Waals surface area contributed by atoms with Gasteiger partial charge in [-0.25, -0.2) is 0 Å². The molecular weight excluding hydrogens is 304 g/mol. The summed E-state index contributed by atoms with van der Waals surface area (Å²) in [6.45, 7) is 0.702. The zero-order chi connectivity index (χ0) is 15.6. The Kier molecular flexibility index (Phi) is 3.76. The highest BCUT2D eigenvalue weighted by molar-refractivity contribution is 6.31. The summed E-state index contributed by atoms with van der Waals surface area (Å²) in [5.41, 5.74) is 5.68. The van der Waals surface area contributed by atoms with Crippen molar-refractivity contribution in [3.63, 3.8) is 0 Å². The number of anilines is 1. The van der Waals surface area contributed by atoms with Gasteiger partial charge in [0.25, 0.3) is 0 Å². The van der Waals surface area contributed by atoms with Gasteiger partial charge in [-0.05, 0) is 30.5 Å². The molecule has 0 saturated carbocycles. The van der Waals surface area contributed by atoms with E-state index in [9.17, 15) is 0 Å². The number of hydrogen-bond donors (Lipinski definition) is 1. The van der Waals surface area contributed by atoms with Gasteiger partial charge < -0.3 is 5.32 Å². The lowest BCUT2D eigenvalue weighted by molar-refractivity contribution is 0.937. The number of hydrogen-bond acceptors (Lipinski definition) is 2. The summed E-state index contributed by atoms with van der Waals surface area (Å²) < 4.78 is 0. The number of pyridine rings is 1. The molecule has 1 aliphatic carbocycles. The van der Waals surface area contributed by atoms with Gasteiger partial charge in [-0.15, -0.1) is 0 Å². The van der Waals surface area contributed by atoms with Crippen LogP contribution in [0, 0.1) is 0 Å². The minimum absolute atomic E-state index is 0.702. The molecule has 0 bridgehead atoms. The third-order valence-corrected chi connectivity index (χ3v) is 4.62. The number of aryl methyl sites for hydroxylation is 1. The average molecular weight is 321 g/mol. The number of benzene rings is 2. The Morgan fingerprint density at radius 1 is 1.04 bits per heavy atom. The van der Waals surface area contributed by atoms with Crippen LogP contribution >= 0.6 is 11.6 Å². The number of allylic oxidation sites excluding steroid dienone is 1. The molecule has 114 valence electrons. The molecule has 0 radical (unpaired) electrons. The van der Waals surface area contributed by atoms with E-state index in [0.717, 1.165) is 40.0 Å². The molecule has 0 aliphatic heterocycles. The van der Waals surface area contributed by atoms with Crippen LogP contribution in [0.2, 0.25) is 5.02 Å². The summed E-state index contributed by atoms with van der Waals surface area (Å²) >= 11 is 6.29. The number of rotatable bonds is 3. The normalized spacial score (nSPS) is 13.1. The van der Waals surface area contributed by atoms with Gasteiger partial charge in [0.1, 0.15) is 0 Å². The molecule has 1 heterocycles. The lowest BCUT2D eigenvalue weighted by atomic mass is 9.98. The van der Waals surface area contributed by atoms with Crippen LogP contribution in [0.4, 0.5) is 5.69 Å². The molecule has 3 aromatic rings. The second-order valence-corrected chi connectivity index (χ2v) is 6.16. The van der Waals surface area contributed by atoms with E-state index in [1.54, 1.807) is 0 Å². The third kappa shape index (κ3) is 2.71. The molecule has 1 N–H and O–H groups in total. The molecular formula is C20H17ClN2. The fourth-order valence-electron chi connectivity index (χ4n) is 3.08. The summed E-state index contributed by atoms with van der Waals surface area (Å²) in [7, 11) is 0. The molecule has 0 amide bonds. The van der Waals surface area contributed by atoms with Gasteiger partial charge in [-0.1, -0.05) is 60.2 Å². The lowest BCUT2D eigenvalue weighted by Gasteiger charge is -2.19. The van der Waals surface area contributed by atoms with Crippen molar-refractivity contribution < 1.29 is 0 Å². The summed E-state index contributed by atoms with van der Waals surface area (Å²) in [6.07, 6.45) is 6.46. The molecule has 1 aliphatic rings. The van der Waals surface area contributed by atoms with Crippen LogP contribution < -0.4 is 5.32 Å². The highest BCUT2D eigenvalue weighted by Gasteiger charge is 2.15. The Morgan fingerprint density at radius 3 is 2.78 bits per heavy atom. The van der Waals surface area contributed by atoms with E-state index < -0.39 is 0 Å². The quantitative estimate of drug-likeness (QED) is 0.693. The van der Waals surface area contributed by atoms with Gasteiger partial charge in [0.2, 0.25) is 0 Å². The Morgan fingerprint density at radius 2 is 1.87 bits per heavy atom. The molecule has 2 aromatic carbocycles. The van der Waals surface area contributed by atoms with Crippen molar-refractivity contribution in [3.05, 3.63) is 76.5 Å². The van der Waals surface area contributed by atoms with Crippen molar-refractivity contribution in [2.45, 2.75) is 19.4 Å². The SMILES string of the molecule is Clc1ccccc1CNc1c2c(nc3ccccc13)CCC=C2. The first-order chi connectivity index (χ1) is 11.3. The maximum atomic E-state index is 6.29. The highest BCUT2D eigenvalue weighted by Crippen LogP contribution is 2.33. The maximum Gasteiger partial charge on any atom is 0.0726 e. The van der Waals surface area contributed by atoms with Crippen molar-refractivity contribution >= 4 is 34.3 Å². The molecule has 1 aromatic heterocycles. The van der Waals surface area contributed by atoms with Crippen LogP contribution in [-0.2, 0) is 13.0 Å². The summed E-state index contributed by atoms with van der Waals surface area (Å²) in [5, 5.41) is 5.55. The molecule has 0 fully saturated rings. The Labute approximate surface area is 140 Å². The van der Waals surface area contributed by atoms with Gasteiger partial charge in [0, 0.05) is 22.5 Å². The van der Waals surface area contributed by atoms with E-state index in [1.807, 2.05) is 24.3 Å². The molecule has 0 unspecified atom stereocenters. The molecule has 3 heteroatoms. The van der Waals surface area contributed by atoms with Crippen LogP contribution in [0.15, 0.2) is 54.6 Å². The predicted molar refractivity (Wildman–Crippen MR) is 97.9 cm³/mol. The van der Waals surface area contributed by atoms with Crippen molar-refractivity contribution in [1.82, 2.24) is 4.98 Å². The van der Waals surface area contributed by atoms with E-state index in [2.05, 4.69) is 41.7 Å². The molecule has 0 saturated heterocycles. The van der Waals surface area contributed by atoms with Gasteiger partial charge in [0.05, 0.1) is 16.9 Å². The van der Waals surface area contributed by atoms with Crippen molar-refractivity contribution in [1.29, 1.82) is 0 Å². The van der Waals surface area contributed by atoms with Crippen LogP contribution in [0.3, 0.4) is 0 Å².